The van der Waals surface area contributed by atoms with Crippen molar-refractivity contribution in [3.63, 3.8) is 0 Å². The average molecular weight is 394 g/mol. The van der Waals surface area contributed by atoms with Crippen molar-refractivity contribution < 1.29 is 19.1 Å². The summed E-state index contributed by atoms with van der Waals surface area (Å²) in [7, 11) is 0. The first-order chi connectivity index (χ1) is 14.1. The first kappa shape index (κ1) is 19.3. The lowest BCUT2D eigenvalue weighted by Gasteiger charge is -2.30. The smallest absolute Gasteiger partial charge is 0.220 e. The maximum atomic E-state index is 12.4. The largest absolute Gasteiger partial charge is 0.486 e. The topological polar surface area (TPSA) is 76.7 Å². The summed E-state index contributed by atoms with van der Waals surface area (Å²) < 4.78 is 11.6. The molecule has 29 heavy (non-hydrogen) atoms. The lowest BCUT2D eigenvalue weighted by molar-refractivity contribution is -0.123. The molecule has 0 spiro atoms. The number of amides is 2. The average Bonchev–Trinajstić information content (AvgIpc) is 3.12. The number of hydrogen-bond donors (Lipinski definition) is 2. The van der Waals surface area contributed by atoms with E-state index in [1.807, 2.05) is 42.5 Å². The third kappa shape index (κ3) is 4.88. The fourth-order valence-electron chi connectivity index (χ4n) is 4.00. The van der Waals surface area contributed by atoms with Crippen molar-refractivity contribution in [2.24, 2.45) is 0 Å². The second-order valence-corrected chi connectivity index (χ2v) is 7.79. The predicted molar refractivity (Wildman–Crippen MR) is 109 cm³/mol. The lowest BCUT2D eigenvalue weighted by Crippen LogP contribution is -2.45. The Morgan fingerprint density at radius 2 is 1.86 bits per heavy atom. The van der Waals surface area contributed by atoms with E-state index in [0.29, 0.717) is 38.2 Å². The molecule has 0 aliphatic carbocycles. The van der Waals surface area contributed by atoms with Crippen LogP contribution in [0.25, 0.3) is 0 Å². The Morgan fingerprint density at radius 3 is 2.62 bits per heavy atom. The van der Waals surface area contributed by atoms with Crippen molar-refractivity contribution in [2.75, 3.05) is 13.2 Å². The summed E-state index contributed by atoms with van der Waals surface area (Å²) in [6.07, 6.45) is 2.77. The maximum absolute atomic E-state index is 12.4. The molecular weight excluding hydrogens is 368 g/mol. The molecular formula is C23H26N2O4. The minimum atomic E-state index is -0.348. The molecule has 6 nitrogen and oxygen atoms in total. The summed E-state index contributed by atoms with van der Waals surface area (Å²) >= 11 is 0. The Kier molecular flexibility index (Phi) is 5.69. The number of carbonyl (C=O) groups excluding carboxylic acids is 2. The summed E-state index contributed by atoms with van der Waals surface area (Å²) in [6.45, 7) is 0.802. The molecule has 2 amide bonds. The maximum Gasteiger partial charge on any atom is 0.220 e. The highest BCUT2D eigenvalue weighted by molar-refractivity contribution is 5.80. The van der Waals surface area contributed by atoms with Crippen LogP contribution in [0.15, 0.2) is 54.6 Å². The van der Waals surface area contributed by atoms with Crippen molar-refractivity contribution in [3.05, 3.63) is 60.2 Å². The summed E-state index contributed by atoms with van der Waals surface area (Å²) in [5.74, 6) is 1.46. The quantitative estimate of drug-likeness (QED) is 0.757. The van der Waals surface area contributed by atoms with Crippen LogP contribution >= 0.6 is 0 Å². The van der Waals surface area contributed by atoms with Crippen molar-refractivity contribution in [3.8, 4) is 11.5 Å². The molecule has 4 rings (SSSR count). The Bertz CT molecular complexity index is 870. The van der Waals surface area contributed by atoms with E-state index in [0.717, 1.165) is 18.6 Å². The minimum absolute atomic E-state index is 0.0407. The van der Waals surface area contributed by atoms with Gasteiger partial charge in [0.25, 0.3) is 0 Å². The number of nitrogens with one attached hydrogen (secondary N) is 2. The molecule has 0 bridgehead atoms. The van der Waals surface area contributed by atoms with Crippen molar-refractivity contribution in [1.82, 2.24) is 10.6 Å². The van der Waals surface area contributed by atoms with Gasteiger partial charge in [0.1, 0.15) is 12.7 Å². The molecule has 6 heteroatoms. The second-order valence-electron chi connectivity index (χ2n) is 7.79. The molecule has 0 radical (unpaired) electrons. The van der Waals surface area contributed by atoms with Crippen molar-refractivity contribution >= 4 is 11.8 Å². The van der Waals surface area contributed by atoms with E-state index in [4.69, 9.17) is 9.47 Å². The standard InChI is InChI=1S/C23H26N2O4/c26-21(24-15-18-16-28-19-8-4-5-9-20(19)29-18)10-12-23(13-11-22(27)25-23)14-17-6-2-1-3-7-17/h1-9,18H,10-16H2,(H,24,26)(H,25,27)/t18-,23-/m0/s1. The number of rotatable bonds is 7. The van der Waals surface area contributed by atoms with Crippen LogP contribution in [0.3, 0.4) is 0 Å². The van der Waals surface area contributed by atoms with E-state index in [2.05, 4.69) is 22.8 Å². The molecule has 1 saturated heterocycles. The van der Waals surface area contributed by atoms with Crippen LogP contribution < -0.4 is 20.1 Å². The molecule has 2 aliphatic heterocycles. The number of carbonyl (C=O) groups is 2. The first-order valence-corrected chi connectivity index (χ1v) is 10.1. The highest BCUT2D eigenvalue weighted by atomic mass is 16.6. The third-order valence-electron chi connectivity index (χ3n) is 5.55. The van der Waals surface area contributed by atoms with Gasteiger partial charge >= 0.3 is 0 Å². The summed E-state index contributed by atoms with van der Waals surface area (Å²) in [5.41, 5.74) is 0.820. The zero-order valence-electron chi connectivity index (χ0n) is 16.4. The van der Waals surface area contributed by atoms with E-state index >= 15 is 0 Å². The van der Waals surface area contributed by atoms with E-state index in [9.17, 15) is 9.59 Å². The lowest BCUT2D eigenvalue weighted by atomic mass is 9.85. The zero-order valence-corrected chi connectivity index (χ0v) is 16.4. The van der Waals surface area contributed by atoms with Crippen LogP contribution in [0.4, 0.5) is 0 Å². The zero-order chi connectivity index (χ0) is 20.1. The number of benzene rings is 2. The molecule has 1 fully saturated rings. The van der Waals surface area contributed by atoms with Gasteiger partial charge in [0, 0.05) is 18.4 Å². The van der Waals surface area contributed by atoms with Crippen molar-refractivity contribution in [2.45, 2.75) is 43.7 Å². The van der Waals surface area contributed by atoms with Crippen LogP contribution in [0, 0.1) is 0 Å². The molecule has 2 aromatic rings. The van der Waals surface area contributed by atoms with Crippen LogP contribution in [-0.2, 0) is 16.0 Å². The van der Waals surface area contributed by atoms with Gasteiger partial charge in [-0.25, -0.2) is 0 Å². The third-order valence-corrected chi connectivity index (χ3v) is 5.55. The molecule has 0 unspecified atom stereocenters. The second kappa shape index (κ2) is 8.55. The number of ether oxygens (including phenoxy) is 2. The molecule has 0 aromatic heterocycles. The Balaban J connectivity index is 1.28. The van der Waals surface area contributed by atoms with E-state index in [-0.39, 0.29) is 23.5 Å². The van der Waals surface area contributed by atoms with E-state index in [1.54, 1.807) is 0 Å². The SMILES string of the molecule is O=C(CC[C@@]1(Cc2ccccc2)CCC(=O)N1)NC[C@H]1COc2ccccc2O1. The number of hydrogen-bond acceptors (Lipinski definition) is 4. The highest BCUT2D eigenvalue weighted by Crippen LogP contribution is 2.31. The van der Waals surface area contributed by atoms with Gasteiger partial charge in [-0.15, -0.1) is 0 Å². The monoisotopic (exact) mass is 394 g/mol. The number of fused-ring (bicyclic) bond motifs is 1. The Morgan fingerprint density at radius 1 is 1.10 bits per heavy atom. The van der Waals surface area contributed by atoms with Gasteiger partial charge in [0.05, 0.1) is 6.54 Å². The minimum Gasteiger partial charge on any atom is -0.486 e. The van der Waals surface area contributed by atoms with E-state index < -0.39 is 0 Å². The summed E-state index contributed by atoms with van der Waals surface area (Å²) in [6, 6.07) is 17.6. The summed E-state index contributed by atoms with van der Waals surface area (Å²) in [4.78, 5) is 24.3. The van der Waals surface area contributed by atoms with Gasteiger partial charge < -0.3 is 20.1 Å². The fourth-order valence-corrected chi connectivity index (χ4v) is 4.00. The predicted octanol–water partition coefficient (Wildman–Crippen LogP) is 2.61. The molecule has 0 saturated carbocycles. The van der Waals surface area contributed by atoms with Gasteiger partial charge in [-0.3, -0.25) is 9.59 Å². The van der Waals surface area contributed by atoms with Crippen LogP contribution in [0.5, 0.6) is 11.5 Å². The Hall–Kier alpha value is -3.02. The number of para-hydroxylation sites is 2. The van der Waals surface area contributed by atoms with Gasteiger partial charge in [-0.05, 0) is 37.0 Å². The van der Waals surface area contributed by atoms with Crippen LogP contribution in [0.2, 0.25) is 0 Å². The Labute approximate surface area is 170 Å². The van der Waals surface area contributed by atoms with Crippen LogP contribution in [-0.4, -0.2) is 36.6 Å². The summed E-state index contributed by atoms with van der Waals surface area (Å²) in [5, 5.41) is 6.07. The highest BCUT2D eigenvalue weighted by Gasteiger charge is 2.37. The molecule has 2 heterocycles. The van der Waals surface area contributed by atoms with Crippen molar-refractivity contribution in [1.29, 1.82) is 0 Å². The van der Waals surface area contributed by atoms with Gasteiger partial charge in [-0.1, -0.05) is 42.5 Å². The van der Waals surface area contributed by atoms with Gasteiger partial charge in [0.2, 0.25) is 11.8 Å². The van der Waals surface area contributed by atoms with Gasteiger partial charge in [-0.2, -0.15) is 0 Å². The molecule has 2 atom stereocenters. The van der Waals surface area contributed by atoms with Crippen LogP contribution in [0.1, 0.15) is 31.2 Å². The molecule has 2 aromatic carbocycles. The molecule has 2 N–H and O–H groups in total. The van der Waals surface area contributed by atoms with E-state index in [1.165, 1.54) is 5.56 Å². The fraction of sp³-hybridized carbons (Fsp3) is 0.391. The molecule has 152 valence electrons. The molecule has 2 aliphatic rings. The van der Waals surface area contributed by atoms with Gasteiger partial charge in [0.15, 0.2) is 11.5 Å². The first-order valence-electron chi connectivity index (χ1n) is 10.1. The normalized spacial score (nSPS) is 22.8.